The third-order valence-corrected chi connectivity index (χ3v) is 2.08. The summed E-state index contributed by atoms with van der Waals surface area (Å²) in [6.07, 6.45) is 0.850. The van der Waals surface area contributed by atoms with Crippen molar-refractivity contribution >= 4 is 5.91 Å². The quantitative estimate of drug-likeness (QED) is 0.521. The first-order chi connectivity index (χ1) is 7.70. The summed E-state index contributed by atoms with van der Waals surface area (Å²) in [7, 11) is 3.33. The lowest BCUT2D eigenvalue weighted by Gasteiger charge is -2.11. The Bertz CT molecular complexity index is 177. The molecule has 0 aliphatic heterocycles. The number of ether oxygens (including phenoxy) is 2. The maximum absolute atomic E-state index is 11.3. The van der Waals surface area contributed by atoms with Crippen LogP contribution in [-0.4, -0.2) is 53.0 Å². The van der Waals surface area contributed by atoms with Crippen LogP contribution in [0.2, 0.25) is 0 Å². The van der Waals surface area contributed by atoms with Gasteiger partial charge in [0, 0.05) is 40.5 Å². The fourth-order valence-corrected chi connectivity index (χ4v) is 1.28. The molecule has 1 unspecified atom stereocenters. The average Bonchev–Trinajstić information content (AvgIpc) is 2.25. The van der Waals surface area contributed by atoms with Crippen LogP contribution in [0.25, 0.3) is 0 Å². The Morgan fingerprint density at radius 2 is 2.06 bits per heavy atom. The van der Waals surface area contributed by atoms with Crippen molar-refractivity contribution in [1.82, 2.24) is 10.6 Å². The molecule has 0 rings (SSSR count). The largest absolute Gasteiger partial charge is 0.385 e. The van der Waals surface area contributed by atoms with E-state index >= 15 is 0 Å². The van der Waals surface area contributed by atoms with Gasteiger partial charge in [0.25, 0.3) is 0 Å². The van der Waals surface area contributed by atoms with Gasteiger partial charge < -0.3 is 20.1 Å². The van der Waals surface area contributed by atoms with E-state index in [4.69, 9.17) is 9.47 Å². The Morgan fingerprint density at radius 3 is 2.69 bits per heavy atom. The van der Waals surface area contributed by atoms with E-state index in [0.717, 1.165) is 13.0 Å². The van der Waals surface area contributed by atoms with Gasteiger partial charge in [-0.3, -0.25) is 4.79 Å². The number of nitrogens with one attached hydrogen (secondary N) is 2. The van der Waals surface area contributed by atoms with Crippen LogP contribution < -0.4 is 10.6 Å². The van der Waals surface area contributed by atoms with Crippen LogP contribution in [0, 0.1) is 5.92 Å². The molecule has 16 heavy (non-hydrogen) atoms. The van der Waals surface area contributed by atoms with Crippen molar-refractivity contribution in [1.29, 1.82) is 0 Å². The molecule has 5 heteroatoms. The zero-order valence-electron chi connectivity index (χ0n) is 10.5. The predicted molar refractivity (Wildman–Crippen MR) is 63.4 cm³/mol. The summed E-state index contributed by atoms with van der Waals surface area (Å²) >= 11 is 0. The smallest absolute Gasteiger partial charge is 0.233 e. The van der Waals surface area contributed by atoms with E-state index in [0.29, 0.717) is 32.2 Å². The summed E-state index contributed by atoms with van der Waals surface area (Å²) in [5, 5.41) is 5.90. The van der Waals surface area contributed by atoms with E-state index in [1.54, 1.807) is 14.2 Å². The molecular formula is C11H24N2O3. The third-order valence-electron chi connectivity index (χ3n) is 2.08. The molecule has 0 aromatic rings. The number of rotatable bonds is 10. The Labute approximate surface area is 97.9 Å². The van der Waals surface area contributed by atoms with Crippen molar-refractivity contribution in [3.05, 3.63) is 0 Å². The first-order valence-corrected chi connectivity index (χ1v) is 5.66. The van der Waals surface area contributed by atoms with Crippen molar-refractivity contribution in [3.8, 4) is 0 Å². The second kappa shape index (κ2) is 10.9. The molecule has 2 N–H and O–H groups in total. The summed E-state index contributed by atoms with van der Waals surface area (Å²) in [5.41, 5.74) is 0. The van der Waals surface area contributed by atoms with Crippen molar-refractivity contribution in [3.63, 3.8) is 0 Å². The molecule has 0 spiro atoms. The summed E-state index contributed by atoms with van der Waals surface area (Å²) in [4.78, 5) is 11.3. The Morgan fingerprint density at radius 1 is 1.31 bits per heavy atom. The third kappa shape index (κ3) is 9.89. The molecule has 0 saturated carbocycles. The van der Waals surface area contributed by atoms with Crippen LogP contribution in [0.5, 0.6) is 0 Å². The van der Waals surface area contributed by atoms with Gasteiger partial charge in [0.05, 0.1) is 6.54 Å². The van der Waals surface area contributed by atoms with Gasteiger partial charge in [-0.2, -0.15) is 0 Å². The lowest BCUT2D eigenvalue weighted by atomic mass is 10.2. The molecule has 5 nitrogen and oxygen atoms in total. The van der Waals surface area contributed by atoms with E-state index in [9.17, 15) is 4.79 Å². The molecule has 1 amide bonds. The topological polar surface area (TPSA) is 59.6 Å². The molecule has 0 aliphatic rings. The van der Waals surface area contributed by atoms with E-state index in [1.165, 1.54) is 0 Å². The zero-order valence-corrected chi connectivity index (χ0v) is 10.5. The van der Waals surface area contributed by atoms with Gasteiger partial charge in [-0.25, -0.2) is 0 Å². The monoisotopic (exact) mass is 232 g/mol. The number of amides is 1. The fraction of sp³-hybridized carbons (Fsp3) is 0.909. The average molecular weight is 232 g/mol. The Balaban J connectivity index is 3.29. The number of carbonyl (C=O) groups is 1. The highest BCUT2D eigenvalue weighted by Gasteiger charge is 2.03. The number of methoxy groups -OCH3 is 2. The van der Waals surface area contributed by atoms with Crippen molar-refractivity contribution in [2.45, 2.75) is 13.3 Å². The van der Waals surface area contributed by atoms with Crippen LogP contribution >= 0.6 is 0 Å². The number of hydrogen-bond donors (Lipinski definition) is 2. The minimum absolute atomic E-state index is 0.0284. The first-order valence-electron chi connectivity index (χ1n) is 5.66. The predicted octanol–water partition coefficient (Wildman–Crippen LogP) is 0.0112. The van der Waals surface area contributed by atoms with E-state index in [-0.39, 0.29) is 5.91 Å². The highest BCUT2D eigenvalue weighted by atomic mass is 16.5. The molecule has 96 valence electrons. The van der Waals surface area contributed by atoms with Crippen LogP contribution in [0.15, 0.2) is 0 Å². The number of carbonyl (C=O) groups excluding carboxylic acids is 1. The second-order valence-corrected chi connectivity index (χ2v) is 3.89. The molecule has 0 aromatic heterocycles. The molecule has 0 heterocycles. The van der Waals surface area contributed by atoms with Gasteiger partial charge in [0.1, 0.15) is 0 Å². The summed E-state index contributed by atoms with van der Waals surface area (Å²) < 4.78 is 9.88. The van der Waals surface area contributed by atoms with Crippen molar-refractivity contribution in [2.75, 3.05) is 47.1 Å². The molecule has 0 aliphatic carbocycles. The Hall–Kier alpha value is -0.650. The molecule has 0 radical (unpaired) electrons. The standard InChI is InChI=1S/C11H24N2O3/c1-10(9-16-3)7-12-8-11(14)13-5-4-6-15-2/h10,12H,4-9H2,1-3H3,(H,13,14). The van der Waals surface area contributed by atoms with Crippen LogP contribution in [0.4, 0.5) is 0 Å². The fourth-order valence-electron chi connectivity index (χ4n) is 1.28. The Kier molecular flexibility index (Phi) is 10.4. The van der Waals surface area contributed by atoms with E-state index in [1.807, 2.05) is 0 Å². The number of hydrogen-bond acceptors (Lipinski definition) is 4. The highest BCUT2D eigenvalue weighted by molar-refractivity contribution is 5.77. The molecular weight excluding hydrogens is 208 g/mol. The van der Waals surface area contributed by atoms with Gasteiger partial charge in [-0.1, -0.05) is 6.92 Å². The van der Waals surface area contributed by atoms with Gasteiger partial charge in [-0.05, 0) is 12.3 Å². The van der Waals surface area contributed by atoms with Crippen LogP contribution in [0.1, 0.15) is 13.3 Å². The molecule has 0 fully saturated rings. The van der Waals surface area contributed by atoms with Gasteiger partial charge >= 0.3 is 0 Å². The second-order valence-electron chi connectivity index (χ2n) is 3.89. The molecule has 0 bridgehead atoms. The lowest BCUT2D eigenvalue weighted by molar-refractivity contribution is -0.120. The van der Waals surface area contributed by atoms with Crippen LogP contribution in [0.3, 0.4) is 0 Å². The van der Waals surface area contributed by atoms with Crippen LogP contribution in [-0.2, 0) is 14.3 Å². The maximum atomic E-state index is 11.3. The van der Waals surface area contributed by atoms with Gasteiger partial charge in [-0.15, -0.1) is 0 Å². The van der Waals surface area contributed by atoms with Gasteiger partial charge in [0.2, 0.25) is 5.91 Å². The van der Waals surface area contributed by atoms with Crippen molar-refractivity contribution < 1.29 is 14.3 Å². The molecule has 0 saturated heterocycles. The van der Waals surface area contributed by atoms with Crippen molar-refractivity contribution in [2.24, 2.45) is 5.92 Å². The zero-order chi connectivity index (χ0) is 12.2. The highest BCUT2D eigenvalue weighted by Crippen LogP contribution is 1.91. The maximum Gasteiger partial charge on any atom is 0.233 e. The normalized spacial score (nSPS) is 12.4. The summed E-state index contributed by atoms with van der Waals surface area (Å²) in [6, 6.07) is 0. The van der Waals surface area contributed by atoms with Gasteiger partial charge in [0.15, 0.2) is 0 Å². The minimum Gasteiger partial charge on any atom is -0.385 e. The minimum atomic E-state index is 0.0284. The SMILES string of the molecule is COCCCNC(=O)CNCC(C)COC. The molecule has 1 atom stereocenters. The molecule has 0 aromatic carbocycles. The van der Waals surface area contributed by atoms with E-state index in [2.05, 4.69) is 17.6 Å². The lowest BCUT2D eigenvalue weighted by Crippen LogP contribution is -2.36. The first kappa shape index (κ1) is 15.3. The summed E-state index contributed by atoms with van der Waals surface area (Å²) in [6.45, 7) is 5.29. The summed E-state index contributed by atoms with van der Waals surface area (Å²) in [5.74, 6) is 0.451. The van der Waals surface area contributed by atoms with E-state index < -0.39 is 0 Å².